The molecule has 17 heavy (non-hydrogen) atoms. The Kier molecular flexibility index (Phi) is 4.53. The van der Waals surface area contributed by atoms with Crippen molar-refractivity contribution >= 4 is 17.2 Å². The van der Waals surface area contributed by atoms with Crippen LogP contribution in [0.3, 0.4) is 0 Å². The number of hydrogen-bond donors (Lipinski definition) is 1. The van der Waals surface area contributed by atoms with Crippen LogP contribution in [0.15, 0.2) is 17.5 Å². The third kappa shape index (κ3) is 4.11. The number of thiophene rings is 1. The van der Waals surface area contributed by atoms with Crippen molar-refractivity contribution < 1.29 is 9.53 Å². The first-order valence-corrected chi connectivity index (χ1v) is 6.75. The van der Waals surface area contributed by atoms with Gasteiger partial charge in [-0.05, 0) is 18.4 Å². The van der Waals surface area contributed by atoms with Crippen LogP contribution in [-0.2, 0) is 16.1 Å². The Hall–Kier alpha value is -0.910. The lowest BCUT2D eigenvalue weighted by Gasteiger charge is -2.30. The highest BCUT2D eigenvalue weighted by Gasteiger charge is 2.18. The van der Waals surface area contributed by atoms with Gasteiger partial charge in [0.1, 0.15) is 0 Å². The molecule has 1 aromatic heterocycles. The average Bonchev–Trinajstić information content (AvgIpc) is 2.79. The molecule has 0 aromatic carbocycles. The number of nitrogens with zero attached hydrogens (tertiary/aromatic N) is 1. The number of nitrogens with one attached hydrogen (secondary N) is 1. The number of amides is 1. The maximum absolute atomic E-state index is 11.7. The molecule has 4 nitrogen and oxygen atoms in total. The molecule has 2 heterocycles. The van der Waals surface area contributed by atoms with Crippen LogP contribution in [-0.4, -0.2) is 43.2 Å². The minimum absolute atomic E-state index is 0.0903. The van der Waals surface area contributed by atoms with Crippen LogP contribution in [0, 0.1) is 0 Å². The summed E-state index contributed by atoms with van der Waals surface area (Å²) >= 11 is 1.66. The molecule has 0 aliphatic carbocycles. The summed E-state index contributed by atoms with van der Waals surface area (Å²) in [6, 6.07) is 4.03. The van der Waals surface area contributed by atoms with Gasteiger partial charge in [-0.1, -0.05) is 6.07 Å². The molecular weight excluding hydrogens is 236 g/mol. The molecule has 1 amide bonds. The van der Waals surface area contributed by atoms with E-state index >= 15 is 0 Å². The Morgan fingerprint density at radius 3 is 3.29 bits per heavy atom. The largest absolute Gasteiger partial charge is 0.376 e. The van der Waals surface area contributed by atoms with Gasteiger partial charge in [0.25, 0.3) is 0 Å². The second-order valence-electron chi connectivity index (χ2n) is 4.27. The van der Waals surface area contributed by atoms with E-state index in [4.69, 9.17) is 4.74 Å². The molecule has 0 saturated carbocycles. The second kappa shape index (κ2) is 6.14. The molecule has 1 aliphatic heterocycles. The van der Waals surface area contributed by atoms with Crippen molar-refractivity contribution in [3.63, 3.8) is 0 Å². The van der Waals surface area contributed by atoms with Crippen molar-refractivity contribution in [2.24, 2.45) is 0 Å². The van der Waals surface area contributed by atoms with Crippen molar-refractivity contribution in [2.45, 2.75) is 19.6 Å². The molecule has 1 fully saturated rings. The summed E-state index contributed by atoms with van der Waals surface area (Å²) in [5, 5.41) is 4.96. The Bertz CT molecular complexity index is 353. The van der Waals surface area contributed by atoms with E-state index in [2.05, 4.69) is 10.2 Å². The highest BCUT2D eigenvalue weighted by atomic mass is 32.1. The van der Waals surface area contributed by atoms with Crippen LogP contribution >= 0.6 is 11.3 Å². The minimum atomic E-state index is 0.0903. The van der Waals surface area contributed by atoms with Crippen molar-refractivity contribution in [3.8, 4) is 0 Å². The monoisotopic (exact) mass is 254 g/mol. The number of hydrogen-bond acceptors (Lipinski definition) is 4. The normalized spacial score (nSPS) is 21.4. The van der Waals surface area contributed by atoms with Crippen molar-refractivity contribution in [1.29, 1.82) is 0 Å². The maximum atomic E-state index is 11.7. The van der Waals surface area contributed by atoms with Gasteiger partial charge in [0.15, 0.2) is 0 Å². The van der Waals surface area contributed by atoms with Gasteiger partial charge in [-0.2, -0.15) is 0 Å². The third-order valence-electron chi connectivity index (χ3n) is 2.73. The number of carbonyl (C=O) groups is 1. The van der Waals surface area contributed by atoms with Gasteiger partial charge in [-0.25, -0.2) is 0 Å². The molecule has 94 valence electrons. The summed E-state index contributed by atoms with van der Waals surface area (Å²) in [7, 11) is 0. The molecule has 5 heteroatoms. The smallest absolute Gasteiger partial charge is 0.234 e. The Labute approximate surface area is 106 Å². The van der Waals surface area contributed by atoms with Crippen LogP contribution in [0.4, 0.5) is 0 Å². The summed E-state index contributed by atoms with van der Waals surface area (Å²) < 4.78 is 5.44. The fourth-order valence-corrected chi connectivity index (χ4v) is 2.54. The molecule has 0 bridgehead atoms. The first kappa shape index (κ1) is 12.5. The summed E-state index contributed by atoms with van der Waals surface area (Å²) in [6.45, 7) is 5.55. The second-order valence-corrected chi connectivity index (χ2v) is 5.30. The van der Waals surface area contributed by atoms with Crippen LogP contribution in [0.1, 0.15) is 11.8 Å². The van der Waals surface area contributed by atoms with E-state index in [0.29, 0.717) is 13.1 Å². The first-order valence-electron chi connectivity index (χ1n) is 5.87. The maximum Gasteiger partial charge on any atom is 0.234 e. The number of rotatable bonds is 4. The quantitative estimate of drug-likeness (QED) is 0.874. The molecule has 1 aromatic rings. The molecule has 1 atom stereocenters. The number of ether oxygens (including phenoxy) is 1. The lowest BCUT2D eigenvalue weighted by atomic mass is 10.3. The van der Waals surface area contributed by atoms with Gasteiger partial charge < -0.3 is 10.1 Å². The minimum Gasteiger partial charge on any atom is -0.376 e. The molecule has 1 saturated heterocycles. The van der Waals surface area contributed by atoms with Gasteiger partial charge in [0.2, 0.25) is 5.91 Å². The SMILES string of the molecule is C[C@H]1CN(CC(=O)NCc2cccs2)CCO1. The summed E-state index contributed by atoms with van der Waals surface area (Å²) in [4.78, 5) is 15.0. The van der Waals surface area contributed by atoms with E-state index in [1.807, 2.05) is 24.4 Å². The van der Waals surface area contributed by atoms with Gasteiger partial charge >= 0.3 is 0 Å². The van der Waals surface area contributed by atoms with E-state index in [0.717, 1.165) is 19.7 Å². The van der Waals surface area contributed by atoms with Crippen LogP contribution < -0.4 is 5.32 Å². The van der Waals surface area contributed by atoms with Gasteiger partial charge in [0.05, 0.1) is 25.8 Å². The van der Waals surface area contributed by atoms with Gasteiger partial charge in [-0.3, -0.25) is 9.69 Å². The summed E-state index contributed by atoms with van der Waals surface area (Å²) in [5.74, 6) is 0.0903. The molecule has 0 unspecified atom stereocenters. The molecule has 1 N–H and O–H groups in total. The predicted octanol–water partition coefficient (Wildman–Crippen LogP) is 1.08. The van der Waals surface area contributed by atoms with E-state index in [1.165, 1.54) is 4.88 Å². The zero-order chi connectivity index (χ0) is 12.1. The van der Waals surface area contributed by atoms with Crippen LogP contribution in [0.25, 0.3) is 0 Å². The summed E-state index contributed by atoms with van der Waals surface area (Å²) in [6.07, 6.45) is 0.230. The predicted molar refractivity (Wildman–Crippen MR) is 68.0 cm³/mol. The third-order valence-corrected chi connectivity index (χ3v) is 3.61. The summed E-state index contributed by atoms with van der Waals surface area (Å²) in [5.41, 5.74) is 0. The lowest BCUT2D eigenvalue weighted by Crippen LogP contribution is -2.45. The Balaban J connectivity index is 1.70. The standard InChI is InChI=1S/C12H18N2O2S/c1-10-8-14(4-5-16-10)9-12(15)13-7-11-3-2-6-17-11/h2-3,6,10H,4-5,7-9H2,1H3,(H,13,15)/t10-/m0/s1. The van der Waals surface area contributed by atoms with E-state index in [9.17, 15) is 4.79 Å². The average molecular weight is 254 g/mol. The van der Waals surface area contributed by atoms with E-state index in [1.54, 1.807) is 11.3 Å². The van der Waals surface area contributed by atoms with Gasteiger partial charge in [-0.15, -0.1) is 11.3 Å². The van der Waals surface area contributed by atoms with Crippen molar-refractivity contribution in [1.82, 2.24) is 10.2 Å². The Morgan fingerprint density at radius 2 is 2.59 bits per heavy atom. The number of morpholine rings is 1. The lowest BCUT2D eigenvalue weighted by molar-refractivity contribution is -0.124. The molecular formula is C12H18N2O2S. The first-order chi connectivity index (χ1) is 8.24. The molecule has 0 spiro atoms. The number of carbonyl (C=O) groups excluding carboxylic acids is 1. The van der Waals surface area contributed by atoms with Crippen LogP contribution in [0.2, 0.25) is 0 Å². The van der Waals surface area contributed by atoms with Gasteiger partial charge in [0, 0.05) is 18.0 Å². The fourth-order valence-electron chi connectivity index (χ4n) is 1.89. The topological polar surface area (TPSA) is 41.6 Å². The van der Waals surface area contributed by atoms with E-state index < -0.39 is 0 Å². The van der Waals surface area contributed by atoms with Crippen molar-refractivity contribution in [3.05, 3.63) is 22.4 Å². The molecule has 1 aliphatic rings. The zero-order valence-electron chi connectivity index (χ0n) is 10.0. The van der Waals surface area contributed by atoms with Crippen LogP contribution in [0.5, 0.6) is 0 Å². The highest BCUT2D eigenvalue weighted by molar-refractivity contribution is 7.09. The highest BCUT2D eigenvalue weighted by Crippen LogP contribution is 2.07. The zero-order valence-corrected chi connectivity index (χ0v) is 10.8. The Morgan fingerprint density at radius 1 is 1.71 bits per heavy atom. The van der Waals surface area contributed by atoms with Crippen molar-refractivity contribution in [2.75, 3.05) is 26.2 Å². The fraction of sp³-hybridized carbons (Fsp3) is 0.583. The van der Waals surface area contributed by atoms with E-state index in [-0.39, 0.29) is 12.0 Å². The molecule has 0 radical (unpaired) electrons. The molecule has 2 rings (SSSR count).